The summed E-state index contributed by atoms with van der Waals surface area (Å²) in [6.07, 6.45) is -0.349. The number of benzene rings is 2. The zero-order valence-corrected chi connectivity index (χ0v) is 12.3. The zero-order chi connectivity index (χ0) is 13.8. The van der Waals surface area contributed by atoms with Crippen molar-refractivity contribution in [1.29, 1.82) is 0 Å². The van der Waals surface area contributed by atoms with Gasteiger partial charge in [0.1, 0.15) is 17.7 Å². The number of ether oxygens (including phenoxy) is 1. The molecule has 0 amide bonds. The summed E-state index contributed by atoms with van der Waals surface area (Å²) in [7, 11) is 0. The third kappa shape index (κ3) is 3.47. The van der Waals surface area contributed by atoms with Gasteiger partial charge in [-0.2, -0.15) is 0 Å². The molecule has 0 aliphatic carbocycles. The number of nitrogens with two attached hydrogens (primary N) is 1. The lowest BCUT2D eigenvalue weighted by molar-refractivity contribution is 0.213. The molecular weight excluding hydrogens is 333 g/mol. The van der Waals surface area contributed by atoms with Crippen LogP contribution in [0.25, 0.3) is 0 Å². The Kier molecular flexibility index (Phi) is 4.80. The molecule has 2 aromatic rings. The Bertz CT molecular complexity index is 579. The number of hydrogen-bond acceptors (Lipinski definition) is 2. The minimum Gasteiger partial charge on any atom is -0.483 e. The fourth-order valence-electron chi connectivity index (χ4n) is 1.70. The van der Waals surface area contributed by atoms with Crippen LogP contribution >= 0.6 is 27.5 Å². The lowest BCUT2D eigenvalue weighted by atomic mass is 10.1. The molecule has 100 valence electrons. The molecule has 1 unspecified atom stereocenters. The van der Waals surface area contributed by atoms with Gasteiger partial charge in [0, 0.05) is 16.6 Å². The van der Waals surface area contributed by atoms with E-state index in [9.17, 15) is 4.39 Å². The smallest absolute Gasteiger partial charge is 0.139 e. The molecule has 5 heteroatoms. The number of hydrogen-bond donors (Lipinski definition) is 1. The summed E-state index contributed by atoms with van der Waals surface area (Å²) in [4.78, 5) is 0. The van der Waals surface area contributed by atoms with Crippen molar-refractivity contribution in [2.45, 2.75) is 6.10 Å². The summed E-state index contributed by atoms with van der Waals surface area (Å²) < 4.78 is 19.7. The van der Waals surface area contributed by atoms with Crippen LogP contribution in [0.4, 0.5) is 4.39 Å². The Morgan fingerprint density at radius 3 is 2.63 bits per heavy atom. The molecule has 0 radical (unpaired) electrons. The predicted octanol–water partition coefficient (Wildman–Crippen LogP) is 4.32. The minimum absolute atomic E-state index is 0.227. The van der Waals surface area contributed by atoms with Crippen molar-refractivity contribution in [3.63, 3.8) is 0 Å². The summed E-state index contributed by atoms with van der Waals surface area (Å²) in [6, 6.07) is 11.6. The fourth-order valence-corrected chi connectivity index (χ4v) is 2.45. The second-order valence-electron chi connectivity index (χ2n) is 3.94. The highest BCUT2D eigenvalue weighted by Gasteiger charge is 2.16. The fraction of sp³-hybridized carbons (Fsp3) is 0.143. The van der Waals surface area contributed by atoms with E-state index in [0.29, 0.717) is 5.75 Å². The van der Waals surface area contributed by atoms with E-state index in [-0.39, 0.29) is 17.7 Å². The maximum Gasteiger partial charge on any atom is 0.139 e. The Morgan fingerprint density at radius 2 is 2.00 bits per heavy atom. The van der Waals surface area contributed by atoms with Crippen LogP contribution in [-0.4, -0.2) is 6.54 Å². The van der Waals surface area contributed by atoms with Gasteiger partial charge in [-0.15, -0.1) is 0 Å². The maximum atomic E-state index is 13.0. The number of halogens is 3. The van der Waals surface area contributed by atoms with Gasteiger partial charge in [-0.3, -0.25) is 0 Å². The summed E-state index contributed by atoms with van der Waals surface area (Å²) in [5.41, 5.74) is 6.66. The van der Waals surface area contributed by atoms with Gasteiger partial charge in [-0.25, -0.2) is 4.39 Å². The Morgan fingerprint density at radius 1 is 1.26 bits per heavy atom. The van der Waals surface area contributed by atoms with Gasteiger partial charge >= 0.3 is 0 Å². The summed E-state index contributed by atoms with van der Waals surface area (Å²) >= 11 is 9.39. The first-order valence-electron chi connectivity index (χ1n) is 5.68. The molecule has 2 aromatic carbocycles. The first-order chi connectivity index (χ1) is 9.11. The molecule has 0 aromatic heterocycles. The van der Waals surface area contributed by atoms with Gasteiger partial charge in [0.2, 0.25) is 0 Å². The van der Waals surface area contributed by atoms with Crippen molar-refractivity contribution < 1.29 is 9.13 Å². The van der Waals surface area contributed by atoms with Crippen LogP contribution in [0.15, 0.2) is 46.9 Å². The van der Waals surface area contributed by atoms with E-state index >= 15 is 0 Å². The van der Waals surface area contributed by atoms with Crippen molar-refractivity contribution >= 4 is 27.5 Å². The molecule has 2 nitrogen and oxygen atoms in total. The average Bonchev–Trinajstić information content (AvgIpc) is 2.39. The highest BCUT2D eigenvalue weighted by Crippen LogP contribution is 2.31. The molecule has 0 fully saturated rings. The van der Waals surface area contributed by atoms with E-state index in [1.807, 2.05) is 24.3 Å². The average molecular weight is 345 g/mol. The van der Waals surface area contributed by atoms with Gasteiger partial charge in [0.25, 0.3) is 0 Å². The van der Waals surface area contributed by atoms with Crippen LogP contribution in [-0.2, 0) is 0 Å². The van der Waals surface area contributed by atoms with E-state index in [1.54, 1.807) is 0 Å². The second-order valence-corrected chi connectivity index (χ2v) is 5.20. The molecule has 2 rings (SSSR count). The lowest BCUT2D eigenvalue weighted by Crippen LogP contribution is -2.19. The molecule has 0 saturated heterocycles. The highest BCUT2D eigenvalue weighted by molar-refractivity contribution is 9.10. The predicted molar refractivity (Wildman–Crippen MR) is 78.0 cm³/mol. The van der Waals surface area contributed by atoms with E-state index in [1.165, 1.54) is 18.2 Å². The molecule has 0 bridgehead atoms. The normalized spacial score (nSPS) is 12.2. The summed E-state index contributed by atoms with van der Waals surface area (Å²) in [5, 5.41) is 0.227. The molecular formula is C14H12BrClFNO. The standard InChI is InChI=1S/C14H12BrClFNO/c15-11-4-2-1-3-10(11)14(8-18)19-13-6-5-9(17)7-12(13)16/h1-7,14H,8,18H2. The van der Waals surface area contributed by atoms with Crippen molar-refractivity contribution in [3.8, 4) is 5.75 Å². The van der Waals surface area contributed by atoms with Crippen LogP contribution in [0.3, 0.4) is 0 Å². The second kappa shape index (κ2) is 6.37. The molecule has 1 atom stereocenters. The van der Waals surface area contributed by atoms with E-state index in [4.69, 9.17) is 22.1 Å². The molecule has 0 aliphatic heterocycles. The first kappa shape index (κ1) is 14.3. The molecule has 2 N–H and O–H groups in total. The van der Waals surface area contributed by atoms with Crippen LogP contribution in [0.5, 0.6) is 5.75 Å². The van der Waals surface area contributed by atoms with Gasteiger partial charge in [0.15, 0.2) is 0 Å². The van der Waals surface area contributed by atoms with Crippen LogP contribution in [0, 0.1) is 5.82 Å². The van der Waals surface area contributed by atoms with Crippen molar-refractivity contribution in [2.24, 2.45) is 5.73 Å². The van der Waals surface area contributed by atoms with Gasteiger partial charge in [-0.1, -0.05) is 45.7 Å². The number of rotatable bonds is 4. The van der Waals surface area contributed by atoms with Crippen LogP contribution in [0.2, 0.25) is 5.02 Å². The van der Waals surface area contributed by atoms with Gasteiger partial charge < -0.3 is 10.5 Å². The molecule has 0 heterocycles. The molecule has 0 aliphatic rings. The van der Waals surface area contributed by atoms with Gasteiger partial charge in [-0.05, 0) is 24.3 Å². The van der Waals surface area contributed by atoms with Gasteiger partial charge in [0.05, 0.1) is 5.02 Å². The van der Waals surface area contributed by atoms with E-state index < -0.39 is 5.82 Å². The molecule has 19 heavy (non-hydrogen) atoms. The van der Waals surface area contributed by atoms with Crippen LogP contribution in [0.1, 0.15) is 11.7 Å². The summed E-state index contributed by atoms with van der Waals surface area (Å²) in [5.74, 6) is 0.0109. The Balaban J connectivity index is 2.27. The zero-order valence-electron chi connectivity index (χ0n) is 9.95. The van der Waals surface area contributed by atoms with Crippen molar-refractivity contribution in [2.75, 3.05) is 6.54 Å². The minimum atomic E-state index is -0.400. The van der Waals surface area contributed by atoms with Crippen LogP contribution < -0.4 is 10.5 Å². The van der Waals surface area contributed by atoms with Crippen molar-refractivity contribution in [1.82, 2.24) is 0 Å². The van der Waals surface area contributed by atoms with Crippen molar-refractivity contribution in [3.05, 3.63) is 63.3 Å². The van der Waals surface area contributed by atoms with E-state index in [0.717, 1.165) is 10.0 Å². The topological polar surface area (TPSA) is 35.2 Å². The monoisotopic (exact) mass is 343 g/mol. The molecule has 0 spiro atoms. The summed E-state index contributed by atoms with van der Waals surface area (Å²) in [6.45, 7) is 0.288. The first-order valence-corrected chi connectivity index (χ1v) is 6.85. The Labute approximate surface area is 124 Å². The molecule has 0 saturated carbocycles. The third-order valence-electron chi connectivity index (χ3n) is 2.63. The maximum absolute atomic E-state index is 13.0. The quantitative estimate of drug-likeness (QED) is 0.896. The lowest BCUT2D eigenvalue weighted by Gasteiger charge is -2.19. The van der Waals surface area contributed by atoms with E-state index in [2.05, 4.69) is 15.9 Å². The largest absolute Gasteiger partial charge is 0.483 e. The highest BCUT2D eigenvalue weighted by atomic mass is 79.9. The Hall–Kier alpha value is -1.10. The third-order valence-corrected chi connectivity index (χ3v) is 3.65. The SMILES string of the molecule is NCC(Oc1ccc(F)cc1Cl)c1ccccc1Br.